The molecule has 0 atom stereocenters. The lowest BCUT2D eigenvalue weighted by Crippen LogP contribution is -1.89. The highest BCUT2D eigenvalue weighted by atomic mass is 79.9. The molecule has 84 valence electrons. The zero-order chi connectivity index (χ0) is 12.3. The molecule has 1 aromatic carbocycles. The van der Waals surface area contributed by atoms with Crippen molar-refractivity contribution < 1.29 is 0 Å². The lowest BCUT2D eigenvalue weighted by Gasteiger charge is -2.04. The van der Waals surface area contributed by atoms with Crippen LogP contribution in [0.4, 0.5) is 0 Å². The highest BCUT2D eigenvalue weighted by Crippen LogP contribution is 2.31. The van der Waals surface area contributed by atoms with Crippen molar-refractivity contribution in [2.45, 2.75) is 17.0 Å². The molecule has 0 bridgehead atoms. The van der Waals surface area contributed by atoms with Gasteiger partial charge in [-0.2, -0.15) is 5.26 Å². The summed E-state index contributed by atoms with van der Waals surface area (Å²) in [5.41, 5.74) is 1.53. The molecular weight excluding hydrogens is 298 g/mol. The molecule has 2 aromatic rings. The van der Waals surface area contributed by atoms with E-state index < -0.39 is 0 Å². The smallest absolute Gasteiger partial charge is 0.192 e. The van der Waals surface area contributed by atoms with Crippen LogP contribution in [0.15, 0.2) is 45.0 Å². The van der Waals surface area contributed by atoms with Crippen LogP contribution in [0.5, 0.6) is 0 Å². The standard InChI is InChI=1S/C12H8BrN3S/c1-8-5-6-15-12(16-8)17-11-4-2-3-10(13)9(11)7-14/h2-6H,1H3. The molecule has 0 saturated heterocycles. The fraction of sp³-hybridized carbons (Fsp3) is 0.0833. The van der Waals surface area contributed by atoms with Crippen LogP contribution in [-0.2, 0) is 0 Å². The second-order valence-electron chi connectivity index (χ2n) is 3.31. The molecule has 1 aromatic heterocycles. The molecule has 0 saturated carbocycles. The van der Waals surface area contributed by atoms with E-state index in [1.165, 1.54) is 11.8 Å². The van der Waals surface area contributed by atoms with Gasteiger partial charge in [-0.25, -0.2) is 9.97 Å². The van der Waals surface area contributed by atoms with Gasteiger partial charge in [-0.1, -0.05) is 6.07 Å². The van der Waals surface area contributed by atoms with E-state index in [0.29, 0.717) is 10.7 Å². The maximum Gasteiger partial charge on any atom is 0.192 e. The van der Waals surface area contributed by atoms with Gasteiger partial charge in [0.15, 0.2) is 5.16 Å². The number of aryl methyl sites for hydroxylation is 1. The van der Waals surface area contributed by atoms with Crippen LogP contribution in [-0.4, -0.2) is 9.97 Å². The summed E-state index contributed by atoms with van der Waals surface area (Å²) >= 11 is 4.75. The van der Waals surface area contributed by atoms with Crippen LogP contribution in [0.25, 0.3) is 0 Å². The fourth-order valence-electron chi connectivity index (χ4n) is 1.27. The molecule has 0 aliphatic heterocycles. The molecule has 17 heavy (non-hydrogen) atoms. The van der Waals surface area contributed by atoms with Gasteiger partial charge >= 0.3 is 0 Å². The average Bonchev–Trinajstić information content (AvgIpc) is 2.29. The van der Waals surface area contributed by atoms with Gasteiger partial charge in [-0.05, 0) is 52.8 Å². The topological polar surface area (TPSA) is 49.6 Å². The first kappa shape index (κ1) is 12.1. The van der Waals surface area contributed by atoms with Gasteiger partial charge in [-0.3, -0.25) is 0 Å². The van der Waals surface area contributed by atoms with E-state index in [9.17, 15) is 0 Å². The zero-order valence-corrected chi connectivity index (χ0v) is 11.4. The maximum absolute atomic E-state index is 9.10. The third kappa shape index (κ3) is 2.84. The van der Waals surface area contributed by atoms with Gasteiger partial charge in [0, 0.05) is 21.3 Å². The summed E-state index contributed by atoms with van der Waals surface area (Å²) in [6.07, 6.45) is 1.72. The van der Waals surface area contributed by atoms with Crippen LogP contribution in [0.3, 0.4) is 0 Å². The highest BCUT2D eigenvalue weighted by molar-refractivity contribution is 9.10. The van der Waals surface area contributed by atoms with Crippen LogP contribution < -0.4 is 0 Å². The van der Waals surface area contributed by atoms with E-state index in [1.807, 2.05) is 31.2 Å². The van der Waals surface area contributed by atoms with Crippen molar-refractivity contribution in [3.63, 3.8) is 0 Å². The summed E-state index contributed by atoms with van der Waals surface area (Å²) in [5.74, 6) is 0. The fourth-order valence-corrected chi connectivity index (χ4v) is 2.76. The molecule has 0 aliphatic carbocycles. The van der Waals surface area contributed by atoms with Gasteiger partial charge in [0.2, 0.25) is 0 Å². The molecule has 0 fully saturated rings. The van der Waals surface area contributed by atoms with Gasteiger partial charge in [-0.15, -0.1) is 0 Å². The second-order valence-corrected chi connectivity index (χ2v) is 5.17. The Morgan fingerprint density at radius 3 is 2.88 bits per heavy atom. The molecule has 5 heteroatoms. The Bertz CT molecular complexity index is 593. The summed E-state index contributed by atoms with van der Waals surface area (Å²) < 4.78 is 0.789. The molecule has 0 spiro atoms. The third-order valence-electron chi connectivity index (χ3n) is 2.06. The molecule has 3 nitrogen and oxygen atoms in total. The Hall–Kier alpha value is -1.38. The number of nitriles is 1. The molecule has 0 unspecified atom stereocenters. The molecule has 0 N–H and O–H groups in total. The summed E-state index contributed by atoms with van der Waals surface area (Å²) in [7, 11) is 0. The molecule has 0 amide bonds. The van der Waals surface area contributed by atoms with E-state index in [1.54, 1.807) is 6.20 Å². The number of halogens is 1. The molecule has 0 aliphatic rings. The number of benzene rings is 1. The summed E-state index contributed by atoms with van der Waals surface area (Å²) in [6.45, 7) is 1.91. The van der Waals surface area contributed by atoms with Crippen LogP contribution in [0, 0.1) is 18.3 Å². The van der Waals surface area contributed by atoms with Crippen molar-refractivity contribution in [3.8, 4) is 6.07 Å². The molecule has 2 rings (SSSR count). The number of rotatable bonds is 2. The highest BCUT2D eigenvalue weighted by Gasteiger charge is 2.08. The lowest BCUT2D eigenvalue weighted by molar-refractivity contribution is 0.932. The lowest BCUT2D eigenvalue weighted by atomic mass is 10.2. The van der Waals surface area contributed by atoms with Gasteiger partial charge in [0.1, 0.15) is 6.07 Å². The maximum atomic E-state index is 9.10. The number of nitrogens with zero attached hydrogens (tertiary/aromatic N) is 3. The first-order valence-corrected chi connectivity index (χ1v) is 6.48. The summed E-state index contributed by atoms with van der Waals surface area (Å²) in [6, 6.07) is 9.65. The first-order valence-electron chi connectivity index (χ1n) is 4.87. The SMILES string of the molecule is Cc1ccnc(Sc2cccc(Br)c2C#N)n1. The minimum absolute atomic E-state index is 0.614. The van der Waals surface area contributed by atoms with Crippen LogP contribution in [0.1, 0.15) is 11.3 Å². The molecule has 1 heterocycles. The van der Waals surface area contributed by atoms with Crippen molar-refractivity contribution in [2.24, 2.45) is 0 Å². The number of aromatic nitrogens is 2. The van der Waals surface area contributed by atoms with Crippen molar-refractivity contribution in [1.29, 1.82) is 5.26 Å². The van der Waals surface area contributed by atoms with E-state index in [4.69, 9.17) is 5.26 Å². The predicted octanol–water partition coefficient (Wildman–Crippen LogP) is 3.57. The number of hydrogen-bond donors (Lipinski definition) is 0. The normalized spacial score (nSPS) is 9.94. The zero-order valence-electron chi connectivity index (χ0n) is 9.01. The largest absolute Gasteiger partial charge is 0.231 e. The average molecular weight is 306 g/mol. The van der Waals surface area contributed by atoms with Gasteiger partial charge < -0.3 is 0 Å². The van der Waals surface area contributed by atoms with Crippen LogP contribution >= 0.6 is 27.7 Å². The van der Waals surface area contributed by atoms with E-state index in [-0.39, 0.29) is 0 Å². The van der Waals surface area contributed by atoms with E-state index in [2.05, 4.69) is 32.0 Å². The van der Waals surface area contributed by atoms with Gasteiger partial charge in [0.05, 0.1) is 5.56 Å². The monoisotopic (exact) mass is 305 g/mol. The third-order valence-corrected chi connectivity index (χ3v) is 3.66. The van der Waals surface area contributed by atoms with Crippen LogP contribution in [0.2, 0.25) is 0 Å². The van der Waals surface area contributed by atoms with Crippen molar-refractivity contribution >= 4 is 27.7 Å². The predicted molar refractivity (Wildman–Crippen MR) is 69.7 cm³/mol. The van der Waals surface area contributed by atoms with Crippen molar-refractivity contribution in [3.05, 3.63) is 46.2 Å². The Labute approximate surface area is 112 Å². The Kier molecular flexibility index (Phi) is 3.77. The Morgan fingerprint density at radius 2 is 2.18 bits per heavy atom. The minimum atomic E-state index is 0.614. The quantitative estimate of drug-likeness (QED) is 0.796. The van der Waals surface area contributed by atoms with E-state index >= 15 is 0 Å². The Balaban J connectivity index is 2.37. The summed E-state index contributed by atoms with van der Waals surface area (Å²) in [4.78, 5) is 9.32. The number of hydrogen-bond acceptors (Lipinski definition) is 4. The Morgan fingerprint density at radius 1 is 1.35 bits per heavy atom. The van der Waals surface area contributed by atoms with Gasteiger partial charge in [0.25, 0.3) is 0 Å². The first-order chi connectivity index (χ1) is 8.20. The van der Waals surface area contributed by atoms with Crippen molar-refractivity contribution in [2.75, 3.05) is 0 Å². The summed E-state index contributed by atoms with van der Waals surface area (Å²) in [5, 5.41) is 9.75. The molecule has 0 radical (unpaired) electrons. The second kappa shape index (κ2) is 5.30. The van der Waals surface area contributed by atoms with Crippen molar-refractivity contribution in [1.82, 2.24) is 9.97 Å². The van der Waals surface area contributed by atoms with E-state index in [0.717, 1.165) is 15.1 Å². The molecular formula is C12H8BrN3S. The minimum Gasteiger partial charge on any atom is -0.231 e.